The van der Waals surface area contributed by atoms with E-state index in [9.17, 15) is 9.59 Å². The van der Waals surface area contributed by atoms with Crippen molar-refractivity contribution in [2.45, 2.75) is 6.42 Å². The first-order valence-corrected chi connectivity index (χ1v) is 5.16. The molecule has 1 aromatic heterocycles. The average Bonchev–Trinajstić information content (AvgIpc) is 2.84. The smallest absolute Gasteiger partial charge is 0.211 e. The van der Waals surface area contributed by atoms with Crippen molar-refractivity contribution in [1.29, 1.82) is 0 Å². The average molecular weight is 229 g/mol. The fourth-order valence-electron chi connectivity index (χ4n) is 1.64. The van der Waals surface area contributed by atoms with Crippen LogP contribution in [0.5, 0.6) is 0 Å². The van der Waals surface area contributed by atoms with Gasteiger partial charge < -0.3 is 14.5 Å². The molecule has 0 bridgehead atoms. The standard InChI is InChI=1S/C13H11NO3/c15-6-5-10-3-4-11(12(8-10)14-9-16)13-2-1-7-17-13/h1-4,6-9H,5H2,(H,14,16). The van der Waals surface area contributed by atoms with Gasteiger partial charge in [0.2, 0.25) is 6.41 Å². The van der Waals surface area contributed by atoms with Crippen molar-refractivity contribution < 1.29 is 14.0 Å². The molecule has 0 radical (unpaired) electrons. The van der Waals surface area contributed by atoms with Gasteiger partial charge in [-0.25, -0.2) is 0 Å². The van der Waals surface area contributed by atoms with E-state index in [4.69, 9.17) is 4.42 Å². The highest BCUT2D eigenvalue weighted by Gasteiger charge is 2.08. The Hall–Kier alpha value is -2.36. The lowest BCUT2D eigenvalue weighted by Gasteiger charge is -2.07. The van der Waals surface area contributed by atoms with Crippen LogP contribution in [0.25, 0.3) is 11.3 Å². The zero-order chi connectivity index (χ0) is 12.1. The van der Waals surface area contributed by atoms with Gasteiger partial charge in [-0.1, -0.05) is 6.07 Å². The zero-order valence-electron chi connectivity index (χ0n) is 9.05. The van der Waals surface area contributed by atoms with Crippen molar-refractivity contribution in [3.63, 3.8) is 0 Å². The van der Waals surface area contributed by atoms with E-state index in [1.165, 1.54) is 0 Å². The van der Waals surface area contributed by atoms with Crippen molar-refractivity contribution in [2.75, 3.05) is 5.32 Å². The Morgan fingerprint density at radius 2 is 2.12 bits per heavy atom. The Balaban J connectivity index is 2.44. The van der Waals surface area contributed by atoms with Crippen LogP contribution >= 0.6 is 0 Å². The maximum Gasteiger partial charge on any atom is 0.211 e. The number of hydrogen-bond acceptors (Lipinski definition) is 3. The molecule has 4 heteroatoms. The van der Waals surface area contributed by atoms with Crippen LogP contribution in [0.3, 0.4) is 0 Å². The number of nitrogens with one attached hydrogen (secondary N) is 1. The summed E-state index contributed by atoms with van der Waals surface area (Å²) in [5.74, 6) is 0.673. The Bertz CT molecular complexity index is 517. The minimum atomic E-state index is 0.325. The summed E-state index contributed by atoms with van der Waals surface area (Å²) in [5.41, 5.74) is 2.27. The van der Waals surface area contributed by atoms with Crippen LogP contribution in [0, 0.1) is 0 Å². The first-order chi connectivity index (χ1) is 8.35. The SMILES string of the molecule is O=CCc1ccc(-c2ccco2)c(NC=O)c1. The van der Waals surface area contributed by atoms with E-state index in [0.29, 0.717) is 24.3 Å². The number of benzene rings is 1. The molecule has 0 aliphatic carbocycles. The van der Waals surface area contributed by atoms with Gasteiger partial charge in [0.25, 0.3) is 0 Å². The number of aldehydes is 1. The van der Waals surface area contributed by atoms with Crippen LogP contribution in [0.1, 0.15) is 5.56 Å². The second kappa shape index (κ2) is 5.12. The van der Waals surface area contributed by atoms with Crippen LogP contribution in [0.2, 0.25) is 0 Å². The maximum absolute atomic E-state index is 10.6. The van der Waals surface area contributed by atoms with Crippen LogP contribution < -0.4 is 5.32 Å². The van der Waals surface area contributed by atoms with E-state index in [1.807, 2.05) is 18.2 Å². The lowest BCUT2D eigenvalue weighted by molar-refractivity contribution is -0.107. The van der Waals surface area contributed by atoms with Gasteiger partial charge in [0.15, 0.2) is 0 Å². The number of anilines is 1. The summed E-state index contributed by atoms with van der Waals surface area (Å²) in [5, 5.41) is 2.61. The Morgan fingerprint density at radius 3 is 2.76 bits per heavy atom. The molecule has 2 aromatic rings. The molecule has 0 unspecified atom stereocenters. The molecule has 0 fully saturated rings. The lowest BCUT2D eigenvalue weighted by atomic mass is 10.1. The molecule has 4 nitrogen and oxygen atoms in total. The van der Waals surface area contributed by atoms with Gasteiger partial charge in [0, 0.05) is 12.0 Å². The van der Waals surface area contributed by atoms with Crippen molar-refractivity contribution >= 4 is 18.4 Å². The van der Waals surface area contributed by atoms with Crippen molar-refractivity contribution in [3.8, 4) is 11.3 Å². The summed E-state index contributed by atoms with van der Waals surface area (Å²) >= 11 is 0. The summed E-state index contributed by atoms with van der Waals surface area (Å²) in [6.07, 6.45) is 3.32. The van der Waals surface area contributed by atoms with Crippen molar-refractivity contribution in [2.24, 2.45) is 0 Å². The second-order valence-electron chi connectivity index (χ2n) is 3.49. The first-order valence-electron chi connectivity index (χ1n) is 5.16. The molecule has 0 aliphatic rings. The molecule has 1 aromatic carbocycles. The van der Waals surface area contributed by atoms with E-state index < -0.39 is 0 Å². The lowest BCUT2D eigenvalue weighted by Crippen LogP contribution is -1.98. The Morgan fingerprint density at radius 1 is 1.24 bits per heavy atom. The molecular weight excluding hydrogens is 218 g/mol. The molecule has 86 valence electrons. The zero-order valence-corrected chi connectivity index (χ0v) is 9.05. The summed E-state index contributed by atoms with van der Waals surface area (Å²) < 4.78 is 5.28. The molecule has 1 amide bonds. The fraction of sp³-hybridized carbons (Fsp3) is 0.0769. The highest BCUT2D eigenvalue weighted by Crippen LogP contribution is 2.29. The normalized spacial score (nSPS) is 9.88. The number of hydrogen-bond donors (Lipinski definition) is 1. The fourth-order valence-corrected chi connectivity index (χ4v) is 1.64. The molecule has 0 atom stereocenters. The number of furan rings is 1. The minimum Gasteiger partial charge on any atom is -0.464 e. The minimum absolute atomic E-state index is 0.325. The summed E-state index contributed by atoms with van der Waals surface area (Å²) in [7, 11) is 0. The van der Waals surface area contributed by atoms with Crippen molar-refractivity contribution in [3.05, 3.63) is 42.2 Å². The van der Waals surface area contributed by atoms with Crippen LogP contribution in [0.15, 0.2) is 41.0 Å². The third-order valence-electron chi connectivity index (χ3n) is 2.40. The third-order valence-corrected chi connectivity index (χ3v) is 2.40. The molecule has 0 spiro atoms. The quantitative estimate of drug-likeness (QED) is 0.800. The predicted octanol–water partition coefficient (Wildman–Crippen LogP) is 2.26. The molecular formula is C13H11NO3. The number of carbonyl (C=O) groups is 2. The highest BCUT2D eigenvalue weighted by molar-refractivity contribution is 5.84. The molecule has 0 saturated heterocycles. The predicted molar refractivity (Wildman–Crippen MR) is 63.6 cm³/mol. The van der Waals surface area contributed by atoms with Gasteiger partial charge in [-0.3, -0.25) is 4.79 Å². The van der Waals surface area contributed by atoms with Gasteiger partial charge in [0.1, 0.15) is 12.0 Å². The van der Waals surface area contributed by atoms with Crippen LogP contribution in [-0.2, 0) is 16.0 Å². The third kappa shape index (κ3) is 2.42. The number of rotatable bonds is 5. The molecule has 2 rings (SSSR count). The Kier molecular flexibility index (Phi) is 3.35. The molecule has 0 aliphatic heterocycles. The van der Waals surface area contributed by atoms with Gasteiger partial charge in [-0.15, -0.1) is 0 Å². The van der Waals surface area contributed by atoms with Crippen molar-refractivity contribution in [1.82, 2.24) is 0 Å². The summed E-state index contributed by atoms with van der Waals surface area (Å²) in [6.45, 7) is 0. The second-order valence-corrected chi connectivity index (χ2v) is 3.49. The van der Waals surface area contributed by atoms with E-state index in [-0.39, 0.29) is 0 Å². The van der Waals surface area contributed by atoms with Gasteiger partial charge in [-0.05, 0) is 29.8 Å². The maximum atomic E-state index is 10.6. The molecule has 0 saturated carbocycles. The summed E-state index contributed by atoms with van der Waals surface area (Å²) in [6, 6.07) is 9.01. The van der Waals surface area contributed by atoms with E-state index >= 15 is 0 Å². The molecule has 17 heavy (non-hydrogen) atoms. The monoisotopic (exact) mass is 229 g/mol. The number of carbonyl (C=O) groups excluding carboxylic acids is 2. The van der Waals surface area contributed by atoms with Gasteiger partial charge in [-0.2, -0.15) is 0 Å². The van der Waals surface area contributed by atoms with Gasteiger partial charge >= 0.3 is 0 Å². The Labute approximate surface area is 98.3 Å². The largest absolute Gasteiger partial charge is 0.464 e. The van der Waals surface area contributed by atoms with Crippen LogP contribution in [-0.4, -0.2) is 12.7 Å². The van der Waals surface area contributed by atoms with Crippen LogP contribution in [0.4, 0.5) is 5.69 Å². The molecule has 1 heterocycles. The first kappa shape index (κ1) is 11.1. The molecule has 1 N–H and O–H groups in total. The summed E-state index contributed by atoms with van der Waals surface area (Å²) in [4.78, 5) is 21.0. The van der Waals surface area contributed by atoms with E-state index in [0.717, 1.165) is 17.4 Å². The van der Waals surface area contributed by atoms with E-state index in [2.05, 4.69) is 5.32 Å². The highest BCUT2D eigenvalue weighted by atomic mass is 16.3. The van der Waals surface area contributed by atoms with E-state index in [1.54, 1.807) is 18.4 Å². The van der Waals surface area contributed by atoms with Gasteiger partial charge in [0.05, 0.1) is 12.0 Å². The number of amides is 1. The topological polar surface area (TPSA) is 59.3 Å².